The molecule has 2 heterocycles. The number of hydrogen-bond acceptors (Lipinski definition) is 5. The van der Waals surface area contributed by atoms with Gasteiger partial charge < -0.3 is 14.6 Å². The highest BCUT2D eigenvalue weighted by Gasteiger charge is 2.47. The lowest BCUT2D eigenvalue weighted by Gasteiger charge is -2.52. The highest BCUT2D eigenvalue weighted by Crippen LogP contribution is 2.47. The molecule has 4 nitrogen and oxygen atoms in total. The fraction of sp³-hybridized carbons (Fsp3) is 0.760. The molecule has 0 bridgehead atoms. The van der Waals surface area contributed by atoms with Crippen molar-refractivity contribution in [2.24, 2.45) is 11.8 Å². The Morgan fingerprint density at radius 1 is 1.35 bits per heavy atom. The molecule has 3 atom stereocenters. The van der Waals surface area contributed by atoms with Crippen molar-refractivity contribution in [1.82, 2.24) is 4.90 Å². The van der Waals surface area contributed by atoms with Gasteiger partial charge in [-0.3, -0.25) is 9.29 Å². The monoisotopic (exact) mass is 452 g/mol. The minimum Gasteiger partial charge on any atom is -0.494 e. The summed E-state index contributed by atoms with van der Waals surface area (Å²) in [7, 11) is 0. The minimum absolute atomic E-state index is 0.220. The molecule has 0 amide bonds. The summed E-state index contributed by atoms with van der Waals surface area (Å²) >= 11 is 1.47. The zero-order valence-corrected chi connectivity index (χ0v) is 20.5. The number of piperidine rings is 1. The maximum absolute atomic E-state index is 12.3. The van der Waals surface area contributed by atoms with Crippen LogP contribution in [0.3, 0.4) is 0 Å². The van der Waals surface area contributed by atoms with E-state index >= 15 is 0 Å². The Hall–Kier alpha value is -0.820. The lowest BCUT2D eigenvalue weighted by Crippen LogP contribution is -2.55. The number of thioether (sulfide) groups is 1. The first-order valence-corrected chi connectivity index (χ1v) is 13.0. The third-order valence-corrected chi connectivity index (χ3v) is 7.57. The van der Waals surface area contributed by atoms with E-state index in [-0.39, 0.29) is 18.6 Å². The van der Waals surface area contributed by atoms with E-state index in [4.69, 9.17) is 9.47 Å². The van der Waals surface area contributed by atoms with Gasteiger partial charge in [-0.05, 0) is 68.2 Å². The molecule has 0 unspecified atom stereocenters. The Morgan fingerprint density at radius 3 is 2.87 bits per heavy atom. The molecule has 0 aromatic heterocycles. The van der Waals surface area contributed by atoms with Crippen LogP contribution in [-0.2, 0) is 11.2 Å². The van der Waals surface area contributed by atoms with Crippen LogP contribution in [0, 0.1) is 18.8 Å². The summed E-state index contributed by atoms with van der Waals surface area (Å²) in [5.74, 6) is 2.70. The summed E-state index contributed by atoms with van der Waals surface area (Å²) in [6, 6.07) is 4.72. The Kier molecular flexibility index (Phi) is 9.09. The van der Waals surface area contributed by atoms with Gasteiger partial charge in [-0.25, -0.2) is 0 Å². The average molecular weight is 453 g/mol. The van der Waals surface area contributed by atoms with E-state index < -0.39 is 5.60 Å². The number of benzene rings is 1. The van der Waals surface area contributed by atoms with Crippen molar-refractivity contribution >= 4 is 11.8 Å². The first kappa shape index (κ1) is 24.8. The molecule has 2 aliphatic rings. The van der Waals surface area contributed by atoms with Crippen molar-refractivity contribution in [1.29, 1.82) is 0 Å². The van der Waals surface area contributed by atoms with Gasteiger partial charge in [0.15, 0.2) is 0 Å². The highest BCUT2D eigenvalue weighted by atomic mass is 32.2. The summed E-state index contributed by atoms with van der Waals surface area (Å²) < 4.78 is 23.9. The molecule has 6 heteroatoms. The number of aliphatic hydroxyl groups is 1. The smallest absolute Gasteiger partial charge is 0.122 e. The number of nitrogens with zero attached hydrogens (tertiary/aromatic N) is 1. The summed E-state index contributed by atoms with van der Waals surface area (Å²) in [6.45, 7) is 11.4. The number of ether oxygens (including phenoxy) is 2. The maximum Gasteiger partial charge on any atom is 0.122 e. The van der Waals surface area contributed by atoms with Gasteiger partial charge in [-0.15, -0.1) is 11.8 Å². The van der Waals surface area contributed by atoms with Gasteiger partial charge in [0, 0.05) is 30.8 Å². The number of hydrogen-bond donors (Lipinski definition) is 1. The highest BCUT2D eigenvalue weighted by molar-refractivity contribution is 7.99. The first-order valence-electron chi connectivity index (χ1n) is 11.8. The van der Waals surface area contributed by atoms with Crippen LogP contribution >= 0.6 is 11.8 Å². The van der Waals surface area contributed by atoms with Crippen molar-refractivity contribution in [2.75, 3.05) is 44.7 Å². The zero-order chi connectivity index (χ0) is 22.4. The predicted octanol–water partition coefficient (Wildman–Crippen LogP) is 5.16. The number of halogens is 1. The van der Waals surface area contributed by atoms with E-state index in [9.17, 15) is 9.50 Å². The quantitative estimate of drug-likeness (QED) is 0.371. The molecule has 2 aliphatic heterocycles. The van der Waals surface area contributed by atoms with Crippen LogP contribution in [-0.4, -0.2) is 60.3 Å². The second-order valence-electron chi connectivity index (χ2n) is 9.52. The van der Waals surface area contributed by atoms with Gasteiger partial charge in [0.1, 0.15) is 5.75 Å². The van der Waals surface area contributed by atoms with Crippen molar-refractivity contribution in [2.45, 2.75) is 65.0 Å². The van der Waals surface area contributed by atoms with E-state index in [1.165, 1.54) is 28.5 Å². The maximum atomic E-state index is 12.3. The Morgan fingerprint density at radius 2 is 2.16 bits per heavy atom. The van der Waals surface area contributed by atoms with Crippen molar-refractivity contribution in [3.05, 3.63) is 28.8 Å². The predicted molar refractivity (Wildman–Crippen MR) is 127 cm³/mol. The topological polar surface area (TPSA) is 41.9 Å². The van der Waals surface area contributed by atoms with Gasteiger partial charge >= 0.3 is 0 Å². The van der Waals surface area contributed by atoms with Gasteiger partial charge in [-0.1, -0.05) is 19.9 Å². The normalized spacial score (nSPS) is 26.0. The van der Waals surface area contributed by atoms with Crippen LogP contribution in [0.15, 0.2) is 12.1 Å². The third-order valence-electron chi connectivity index (χ3n) is 6.79. The van der Waals surface area contributed by atoms with E-state index in [1.54, 1.807) is 0 Å². The van der Waals surface area contributed by atoms with Gasteiger partial charge in [0.2, 0.25) is 0 Å². The molecule has 1 aromatic rings. The third kappa shape index (κ3) is 6.16. The Labute approximate surface area is 191 Å². The molecular formula is C25H40FNO3S. The first-order chi connectivity index (χ1) is 14.9. The van der Waals surface area contributed by atoms with Crippen LogP contribution in [0.25, 0.3) is 0 Å². The van der Waals surface area contributed by atoms with Crippen LogP contribution < -0.4 is 4.74 Å². The summed E-state index contributed by atoms with van der Waals surface area (Å²) in [4.78, 5) is 2.58. The molecule has 0 spiro atoms. The van der Waals surface area contributed by atoms with Crippen LogP contribution in [0.1, 0.15) is 62.8 Å². The number of aryl methyl sites for hydroxylation is 1. The molecule has 3 rings (SSSR count). The lowest BCUT2D eigenvalue weighted by molar-refractivity contribution is -0.116. The second-order valence-corrected chi connectivity index (χ2v) is 10.6. The standard InChI is InChI=1S/C25H40FNO3S/c1-5-30-24-14-22-20(13-19(24)4)6-9-27-16-21(12-18(2)3)25(28,15-23(22)27)7-10-29-17-31-11-8-26/h13-14,18,21,23,28H,5-12,15-17H2,1-4H3/t21-,23-,25-/m0/s1/i26-1. The fourth-order valence-corrected chi connectivity index (χ4v) is 5.74. The van der Waals surface area contributed by atoms with Gasteiger partial charge in [-0.2, -0.15) is 0 Å². The Bertz CT molecular complexity index is 716. The van der Waals surface area contributed by atoms with E-state index in [1.807, 2.05) is 6.92 Å². The van der Waals surface area contributed by atoms with Crippen LogP contribution in [0.4, 0.5) is 4.39 Å². The number of alkyl halides is 1. The van der Waals surface area contributed by atoms with E-state index in [0.29, 0.717) is 37.2 Å². The van der Waals surface area contributed by atoms with Crippen molar-refractivity contribution in [3.8, 4) is 5.75 Å². The number of fused-ring (bicyclic) bond motifs is 3. The van der Waals surface area contributed by atoms with Gasteiger partial charge in [0.05, 0.1) is 31.4 Å². The van der Waals surface area contributed by atoms with Crippen molar-refractivity contribution in [3.63, 3.8) is 0 Å². The fourth-order valence-electron chi connectivity index (χ4n) is 5.28. The SMILES string of the molecule is CCOc1cc2c(cc1C)CCN1C[C@H](CC(C)C)[C@](O)(CCOCSCC[18F])C[C@@H]21. The van der Waals surface area contributed by atoms with E-state index in [0.717, 1.165) is 38.1 Å². The van der Waals surface area contributed by atoms with Crippen LogP contribution in [0.2, 0.25) is 0 Å². The zero-order valence-electron chi connectivity index (χ0n) is 19.7. The Balaban J connectivity index is 1.78. The number of rotatable bonds is 11. The van der Waals surface area contributed by atoms with E-state index in [2.05, 4.69) is 37.8 Å². The summed E-state index contributed by atoms with van der Waals surface area (Å²) in [5.41, 5.74) is 3.16. The molecule has 0 radical (unpaired) electrons. The molecule has 31 heavy (non-hydrogen) atoms. The molecule has 0 saturated carbocycles. The average Bonchev–Trinajstić information content (AvgIpc) is 2.72. The molecule has 1 fully saturated rings. The largest absolute Gasteiger partial charge is 0.494 e. The summed E-state index contributed by atoms with van der Waals surface area (Å²) in [6.07, 6.45) is 3.43. The van der Waals surface area contributed by atoms with Gasteiger partial charge in [0.25, 0.3) is 0 Å². The molecule has 1 aromatic carbocycles. The second kappa shape index (κ2) is 11.4. The molecule has 176 valence electrons. The summed E-state index contributed by atoms with van der Waals surface area (Å²) in [5, 5.41) is 11.9. The van der Waals surface area contributed by atoms with Crippen molar-refractivity contribution < 1.29 is 19.0 Å². The molecule has 1 N–H and O–H groups in total. The minimum atomic E-state index is -0.749. The lowest BCUT2D eigenvalue weighted by atomic mass is 9.70. The molecular weight excluding hydrogens is 412 g/mol. The molecule has 1 saturated heterocycles. The molecule has 0 aliphatic carbocycles. The van der Waals surface area contributed by atoms with Crippen LogP contribution in [0.5, 0.6) is 5.75 Å².